The third kappa shape index (κ3) is 5.75. The molecule has 1 aromatic rings. The number of aromatic nitrogens is 2. The summed E-state index contributed by atoms with van der Waals surface area (Å²) in [5.41, 5.74) is 0. The topological polar surface area (TPSA) is 125 Å². The van der Waals surface area contributed by atoms with Gasteiger partial charge < -0.3 is 10.6 Å². The van der Waals surface area contributed by atoms with Crippen molar-refractivity contribution in [3.63, 3.8) is 0 Å². The van der Waals surface area contributed by atoms with Crippen LogP contribution in [0.1, 0.15) is 25.7 Å². The van der Waals surface area contributed by atoms with Gasteiger partial charge in [0.15, 0.2) is 0 Å². The highest BCUT2D eigenvalue weighted by molar-refractivity contribution is 7.89. The Balaban J connectivity index is 1.35. The minimum atomic E-state index is -3.04. The first kappa shape index (κ1) is 21.2. The van der Waals surface area contributed by atoms with Crippen molar-refractivity contribution in [3.8, 4) is 0 Å². The standard InChI is InChI=1S/C16H28N6O4S2/c23-27(24)11-3-9-21(27)7-1-5-18-15-13-17-14-16(20-15)19-6-2-8-22-10-4-12-28(22,25)26/h13-14H,1-12H2,(H2,18,19,20). The maximum absolute atomic E-state index is 11.8. The summed E-state index contributed by atoms with van der Waals surface area (Å²) in [7, 11) is -6.08. The average molecular weight is 433 g/mol. The van der Waals surface area contributed by atoms with Crippen LogP contribution in [0, 0.1) is 0 Å². The van der Waals surface area contributed by atoms with Crippen LogP contribution in [-0.2, 0) is 20.0 Å². The fourth-order valence-corrected chi connectivity index (χ4v) is 6.50. The van der Waals surface area contributed by atoms with Gasteiger partial charge in [0.25, 0.3) is 0 Å². The Hall–Kier alpha value is -1.50. The van der Waals surface area contributed by atoms with Crippen LogP contribution >= 0.6 is 0 Å². The highest BCUT2D eigenvalue weighted by Gasteiger charge is 2.28. The molecule has 0 bridgehead atoms. The summed E-state index contributed by atoms with van der Waals surface area (Å²) < 4.78 is 50.1. The minimum Gasteiger partial charge on any atom is -0.369 e. The summed E-state index contributed by atoms with van der Waals surface area (Å²) in [6.45, 7) is 3.47. The number of sulfonamides is 2. The first-order valence-electron chi connectivity index (χ1n) is 9.62. The molecule has 3 rings (SSSR count). The fraction of sp³-hybridized carbons (Fsp3) is 0.750. The number of rotatable bonds is 10. The van der Waals surface area contributed by atoms with Gasteiger partial charge in [-0.05, 0) is 25.7 Å². The summed E-state index contributed by atoms with van der Waals surface area (Å²) in [4.78, 5) is 8.56. The monoisotopic (exact) mass is 432 g/mol. The molecular weight excluding hydrogens is 404 g/mol. The van der Waals surface area contributed by atoms with Crippen LogP contribution in [0.25, 0.3) is 0 Å². The molecule has 2 fully saturated rings. The second kappa shape index (κ2) is 9.33. The lowest BCUT2D eigenvalue weighted by Crippen LogP contribution is -2.28. The number of hydrogen-bond donors (Lipinski definition) is 2. The van der Waals surface area contributed by atoms with Gasteiger partial charge in [0.05, 0.1) is 23.9 Å². The Morgan fingerprint density at radius 3 is 1.68 bits per heavy atom. The van der Waals surface area contributed by atoms with Gasteiger partial charge in [0, 0.05) is 39.3 Å². The van der Waals surface area contributed by atoms with Crippen LogP contribution < -0.4 is 10.6 Å². The van der Waals surface area contributed by atoms with Crippen molar-refractivity contribution >= 4 is 31.7 Å². The molecule has 0 amide bonds. The smallest absolute Gasteiger partial charge is 0.214 e. The van der Waals surface area contributed by atoms with Crippen LogP contribution in [0.5, 0.6) is 0 Å². The van der Waals surface area contributed by atoms with Crippen molar-refractivity contribution in [1.82, 2.24) is 18.6 Å². The summed E-state index contributed by atoms with van der Waals surface area (Å²) in [5.74, 6) is 1.75. The van der Waals surface area contributed by atoms with Gasteiger partial charge in [0.1, 0.15) is 11.6 Å². The van der Waals surface area contributed by atoms with Gasteiger partial charge in [-0.15, -0.1) is 0 Å². The molecule has 1 aromatic heterocycles. The van der Waals surface area contributed by atoms with Gasteiger partial charge >= 0.3 is 0 Å². The molecule has 0 saturated carbocycles. The SMILES string of the molecule is O=S1(=O)CCCN1CCCNc1cncc(NCCCN2CCCS2(=O)=O)n1. The molecule has 0 atom stereocenters. The zero-order valence-corrected chi connectivity index (χ0v) is 17.5. The van der Waals surface area contributed by atoms with Crippen LogP contribution in [0.4, 0.5) is 11.6 Å². The summed E-state index contributed by atoms with van der Waals surface area (Å²) >= 11 is 0. The molecule has 2 N–H and O–H groups in total. The van der Waals surface area contributed by atoms with Crippen molar-refractivity contribution in [1.29, 1.82) is 0 Å². The molecule has 0 radical (unpaired) electrons. The molecule has 158 valence electrons. The number of anilines is 2. The van der Waals surface area contributed by atoms with Crippen LogP contribution in [-0.4, -0.2) is 86.2 Å². The van der Waals surface area contributed by atoms with Gasteiger partial charge in [-0.1, -0.05) is 0 Å². The normalized spacial score (nSPS) is 21.7. The molecule has 0 spiro atoms. The third-order valence-electron chi connectivity index (χ3n) is 4.82. The lowest BCUT2D eigenvalue weighted by atomic mass is 10.4. The van der Waals surface area contributed by atoms with Crippen LogP contribution in [0.15, 0.2) is 12.4 Å². The van der Waals surface area contributed by atoms with Gasteiger partial charge in [0.2, 0.25) is 20.0 Å². The highest BCUT2D eigenvalue weighted by Crippen LogP contribution is 2.15. The lowest BCUT2D eigenvalue weighted by Gasteiger charge is -2.15. The molecule has 0 aromatic carbocycles. The van der Waals surface area contributed by atoms with E-state index in [-0.39, 0.29) is 11.5 Å². The minimum absolute atomic E-state index is 0.253. The van der Waals surface area contributed by atoms with Crippen LogP contribution in [0.2, 0.25) is 0 Å². The van der Waals surface area contributed by atoms with Gasteiger partial charge in [-0.25, -0.2) is 30.4 Å². The maximum Gasteiger partial charge on any atom is 0.214 e. The molecule has 12 heteroatoms. The largest absolute Gasteiger partial charge is 0.369 e. The van der Waals surface area contributed by atoms with E-state index in [0.29, 0.717) is 76.6 Å². The molecule has 10 nitrogen and oxygen atoms in total. The zero-order valence-electron chi connectivity index (χ0n) is 15.9. The second-order valence-corrected chi connectivity index (χ2v) is 11.2. The quantitative estimate of drug-likeness (QED) is 0.501. The molecule has 0 unspecified atom stereocenters. The molecule has 0 aliphatic carbocycles. The summed E-state index contributed by atoms with van der Waals surface area (Å²) in [5, 5.41) is 6.32. The molecule has 28 heavy (non-hydrogen) atoms. The second-order valence-electron chi connectivity index (χ2n) is 6.99. The van der Waals surface area contributed by atoms with E-state index in [4.69, 9.17) is 0 Å². The van der Waals surface area contributed by atoms with E-state index in [0.717, 1.165) is 0 Å². The van der Waals surface area contributed by atoms with Crippen molar-refractivity contribution < 1.29 is 16.8 Å². The van der Waals surface area contributed by atoms with E-state index < -0.39 is 20.0 Å². The Labute approximate surface area is 166 Å². The molecule has 2 aliphatic heterocycles. The average Bonchev–Trinajstić information content (AvgIpc) is 3.16. The van der Waals surface area contributed by atoms with Crippen molar-refractivity contribution in [2.75, 3.05) is 61.4 Å². The number of nitrogens with one attached hydrogen (secondary N) is 2. The van der Waals surface area contributed by atoms with Crippen LogP contribution in [0.3, 0.4) is 0 Å². The number of hydrogen-bond acceptors (Lipinski definition) is 8. The highest BCUT2D eigenvalue weighted by atomic mass is 32.2. The first-order chi connectivity index (χ1) is 13.4. The van der Waals surface area contributed by atoms with E-state index in [1.807, 2.05) is 0 Å². The van der Waals surface area contributed by atoms with E-state index in [2.05, 4.69) is 20.6 Å². The van der Waals surface area contributed by atoms with E-state index >= 15 is 0 Å². The Kier molecular flexibility index (Phi) is 7.07. The van der Waals surface area contributed by atoms with E-state index in [9.17, 15) is 16.8 Å². The third-order valence-corrected chi connectivity index (χ3v) is 8.73. The predicted molar refractivity (Wildman–Crippen MR) is 108 cm³/mol. The molecule has 3 heterocycles. The summed E-state index contributed by atoms with van der Waals surface area (Å²) in [6.07, 6.45) is 6.05. The Morgan fingerprint density at radius 2 is 1.29 bits per heavy atom. The molecule has 2 saturated heterocycles. The molecular formula is C16H28N6O4S2. The fourth-order valence-electron chi connectivity index (χ4n) is 3.36. The van der Waals surface area contributed by atoms with Crippen molar-refractivity contribution in [2.45, 2.75) is 25.7 Å². The maximum atomic E-state index is 11.8. The number of nitrogens with zero attached hydrogens (tertiary/aromatic N) is 4. The van der Waals surface area contributed by atoms with E-state index in [1.54, 1.807) is 21.0 Å². The van der Waals surface area contributed by atoms with E-state index in [1.165, 1.54) is 0 Å². The Morgan fingerprint density at radius 1 is 0.821 bits per heavy atom. The first-order valence-corrected chi connectivity index (χ1v) is 12.8. The Bertz CT molecular complexity index is 794. The van der Waals surface area contributed by atoms with Crippen molar-refractivity contribution in [3.05, 3.63) is 12.4 Å². The predicted octanol–water partition coefficient (Wildman–Crippen LogP) is 0.152. The zero-order chi connectivity index (χ0) is 20.0. The van der Waals surface area contributed by atoms with Gasteiger partial charge in [-0.2, -0.15) is 0 Å². The summed E-state index contributed by atoms with van der Waals surface area (Å²) in [6, 6.07) is 0. The molecule has 2 aliphatic rings. The lowest BCUT2D eigenvalue weighted by molar-refractivity contribution is 0.439. The van der Waals surface area contributed by atoms with Crippen molar-refractivity contribution in [2.24, 2.45) is 0 Å². The van der Waals surface area contributed by atoms with Gasteiger partial charge in [-0.3, -0.25) is 4.98 Å².